The van der Waals surface area contributed by atoms with Crippen molar-refractivity contribution in [2.24, 2.45) is 0 Å². The molecular weight excluding hydrogens is 464 g/mol. The molecule has 1 N–H and O–H groups in total. The number of methoxy groups -OCH3 is 1. The number of hydrogen-bond acceptors (Lipinski definition) is 6. The normalized spacial score (nSPS) is 19.1. The molecule has 3 aromatic rings. The molecule has 0 atom stereocenters. The van der Waals surface area contributed by atoms with Crippen molar-refractivity contribution in [1.82, 2.24) is 29.7 Å². The zero-order valence-electron chi connectivity index (χ0n) is 20.5. The van der Waals surface area contributed by atoms with Crippen molar-refractivity contribution in [1.29, 1.82) is 0 Å². The van der Waals surface area contributed by atoms with E-state index in [1.165, 1.54) is 19.3 Å². The number of likely N-dealkylation sites (N-methyl/N-ethyl adjacent to an activating group) is 1. The lowest BCUT2D eigenvalue weighted by molar-refractivity contribution is 0.0139. The summed E-state index contributed by atoms with van der Waals surface area (Å²) in [5.41, 5.74) is 1.33. The minimum atomic E-state index is -0.121. The van der Waals surface area contributed by atoms with Crippen LogP contribution in [0.2, 0.25) is 5.02 Å². The molecule has 9 heteroatoms. The molecule has 0 unspecified atom stereocenters. The highest BCUT2D eigenvalue weighted by Crippen LogP contribution is 2.35. The number of carbonyl (C=O) groups is 1. The summed E-state index contributed by atoms with van der Waals surface area (Å²) in [6.45, 7) is 4.87. The predicted molar refractivity (Wildman–Crippen MR) is 138 cm³/mol. The Morgan fingerprint density at radius 2 is 1.91 bits per heavy atom. The number of ether oxygens (including phenoxy) is 1. The second-order valence-corrected chi connectivity index (χ2v) is 10.1. The monoisotopic (exact) mass is 496 g/mol. The van der Waals surface area contributed by atoms with E-state index in [-0.39, 0.29) is 11.4 Å². The third kappa shape index (κ3) is 4.75. The summed E-state index contributed by atoms with van der Waals surface area (Å²) in [5, 5.41) is 4.53. The summed E-state index contributed by atoms with van der Waals surface area (Å²) in [6, 6.07) is 7.29. The Kier molecular flexibility index (Phi) is 6.95. The fourth-order valence-electron chi connectivity index (χ4n) is 5.58. The average molecular weight is 497 g/mol. The van der Waals surface area contributed by atoms with E-state index in [0.29, 0.717) is 34.3 Å². The summed E-state index contributed by atoms with van der Waals surface area (Å²) in [4.78, 5) is 27.5. The van der Waals surface area contributed by atoms with E-state index >= 15 is 0 Å². The van der Waals surface area contributed by atoms with Crippen LogP contribution >= 0.6 is 11.6 Å². The Labute approximate surface area is 211 Å². The van der Waals surface area contributed by atoms with Gasteiger partial charge in [-0.05, 0) is 32.0 Å². The first-order valence-electron chi connectivity index (χ1n) is 12.4. The number of piperazine rings is 1. The Morgan fingerprint density at radius 1 is 1.14 bits per heavy atom. The van der Waals surface area contributed by atoms with Crippen LogP contribution < -0.4 is 10.1 Å². The first-order chi connectivity index (χ1) is 17.0. The third-order valence-corrected chi connectivity index (χ3v) is 7.92. The van der Waals surface area contributed by atoms with Crippen molar-refractivity contribution in [2.75, 3.05) is 46.9 Å². The highest BCUT2D eigenvalue weighted by atomic mass is 35.5. The van der Waals surface area contributed by atoms with Crippen molar-refractivity contribution in [3.05, 3.63) is 47.2 Å². The molecule has 5 rings (SSSR count). The van der Waals surface area contributed by atoms with Crippen molar-refractivity contribution in [3.8, 4) is 11.8 Å². The van der Waals surface area contributed by atoms with Crippen molar-refractivity contribution in [3.63, 3.8) is 0 Å². The first-order valence-corrected chi connectivity index (χ1v) is 12.8. The molecule has 1 aromatic carbocycles. The Morgan fingerprint density at radius 3 is 2.66 bits per heavy atom. The lowest BCUT2D eigenvalue weighted by Crippen LogP contribution is -2.61. The SMILES string of the molecule is COc1ccnc(-n2cc(C(=O)NCC3(N4CCN(C)CC4)CCCCC3)c3c(Cl)cccc32)n1. The van der Waals surface area contributed by atoms with Gasteiger partial charge in [0.15, 0.2) is 0 Å². The lowest BCUT2D eigenvalue weighted by Gasteiger charge is -2.49. The molecule has 0 radical (unpaired) electrons. The molecule has 0 bridgehead atoms. The molecule has 2 aromatic heterocycles. The van der Waals surface area contributed by atoms with Crippen LogP contribution in [0.25, 0.3) is 16.9 Å². The predicted octanol–water partition coefficient (Wildman–Crippen LogP) is 3.76. The molecule has 2 fully saturated rings. The molecule has 0 spiro atoms. The number of rotatable bonds is 6. The maximum absolute atomic E-state index is 13.6. The summed E-state index contributed by atoms with van der Waals surface area (Å²) in [5.74, 6) is 0.761. The van der Waals surface area contributed by atoms with E-state index in [9.17, 15) is 4.79 Å². The standard InChI is InChI=1S/C26H33ClN6O2/c1-31-13-15-32(16-14-31)26(10-4-3-5-11-26)18-29-24(34)19-17-33(21-8-6-7-20(27)23(19)21)25-28-12-9-22(30-25)35-2/h6-9,12,17H,3-5,10-11,13-16,18H2,1-2H3,(H,29,34). The Balaban J connectivity index is 1.44. The molecule has 8 nitrogen and oxygen atoms in total. The van der Waals surface area contributed by atoms with Crippen molar-refractivity contribution >= 4 is 28.4 Å². The molecule has 1 saturated carbocycles. The minimum Gasteiger partial charge on any atom is -0.481 e. The molecule has 2 aliphatic rings. The van der Waals surface area contributed by atoms with E-state index in [1.54, 1.807) is 30.1 Å². The molecule has 186 valence electrons. The molecule has 1 saturated heterocycles. The smallest absolute Gasteiger partial charge is 0.253 e. The highest BCUT2D eigenvalue weighted by molar-refractivity contribution is 6.37. The van der Waals surface area contributed by atoms with Gasteiger partial charge in [-0.2, -0.15) is 4.98 Å². The summed E-state index contributed by atoms with van der Waals surface area (Å²) < 4.78 is 7.07. The minimum absolute atomic E-state index is 0.0211. The number of nitrogens with zero attached hydrogens (tertiary/aromatic N) is 5. The number of benzene rings is 1. The average Bonchev–Trinajstić information content (AvgIpc) is 3.29. The number of nitrogens with one attached hydrogen (secondary N) is 1. The first kappa shape index (κ1) is 24.0. The number of aromatic nitrogens is 3. The van der Waals surface area contributed by atoms with Gasteiger partial charge in [-0.1, -0.05) is 36.9 Å². The number of halogens is 1. The maximum atomic E-state index is 13.6. The topological polar surface area (TPSA) is 75.5 Å². The maximum Gasteiger partial charge on any atom is 0.253 e. The van der Waals surface area contributed by atoms with Crippen LogP contribution in [0.4, 0.5) is 0 Å². The van der Waals surface area contributed by atoms with Gasteiger partial charge in [0.2, 0.25) is 11.8 Å². The quantitative estimate of drug-likeness (QED) is 0.560. The van der Waals surface area contributed by atoms with E-state index in [1.807, 2.05) is 18.2 Å². The largest absolute Gasteiger partial charge is 0.481 e. The fourth-order valence-corrected chi connectivity index (χ4v) is 5.85. The number of hydrogen-bond donors (Lipinski definition) is 1. The number of amides is 1. The zero-order valence-corrected chi connectivity index (χ0v) is 21.2. The van der Waals surface area contributed by atoms with E-state index < -0.39 is 0 Å². The zero-order chi connectivity index (χ0) is 24.4. The van der Waals surface area contributed by atoms with Gasteiger partial charge in [-0.3, -0.25) is 14.3 Å². The lowest BCUT2D eigenvalue weighted by atomic mass is 9.79. The van der Waals surface area contributed by atoms with Crippen LogP contribution in [0.15, 0.2) is 36.7 Å². The van der Waals surface area contributed by atoms with Gasteiger partial charge in [0.1, 0.15) is 0 Å². The molecular formula is C26H33ClN6O2. The van der Waals surface area contributed by atoms with Crippen molar-refractivity contribution in [2.45, 2.75) is 37.6 Å². The van der Waals surface area contributed by atoms with Crippen molar-refractivity contribution < 1.29 is 9.53 Å². The number of fused-ring (bicyclic) bond motifs is 1. The summed E-state index contributed by atoms with van der Waals surface area (Å²) >= 11 is 6.61. The van der Waals surface area contributed by atoms with Gasteiger partial charge in [0, 0.05) is 62.1 Å². The molecule has 1 aliphatic carbocycles. The van der Waals surface area contributed by atoms with Crippen LogP contribution in [0.1, 0.15) is 42.5 Å². The van der Waals surface area contributed by atoms with E-state index in [0.717, 1.165) is 44.5 Å². The second-order valence-electron chi connectivity index (χ2n) is 9.70. The van der Waals surface area contributed by atoms with Crippen LogP contribution in [-0.2, 0) is 0 Å². The van der Waals surface area contributed by atoms with Gasteiger partial charge in [0.05, 0.1) is 23.2 Å². The summed E-state index contributed by atoms with van der Waals surface area (Å²) in [7, 11) is 3.75. The van der Waals surface area contributed by atoms with Crippen LogP contribution in [0, 0.1) is 0 Å². The number of carbonyl (C=O) groups excluding carboxylic acids is 1. The van der Waals surface area contributed by atoms with E-state index in [2.05, 4.69) is 32.1 Å². The third-order valence-electron chi connectivity index (χ3n) is 7.60. The van der Waals surface area contributed by atoms with Crippen LogP contribution in [-0.4, -0.2) is 82.7 Å². The van der Waals surface area contributed by atoms with Gasteiger partial charge < -0.3 is 15.0 Å². The molecule has 1 amide bonds. The second kappa shape index (κ2) is 10.1. The highest BCUT2D eigenvalue weighted by Gasteiger charge is 2.39. The Hall–Kier alpha value is -2.68. The molecule has 3 heterocycles. The van der Waals surface area contributed by atoms with Gasteiger partial charge >= 0.3 is 0 Å². The van der Waals surface area contributed by atoms with Gasteiger partial charge in [0.25, 0.3) is 5.91 Å². The van der Waals surface area contributed by atoms with Crippen LogP contribution in [0.3, 0.4) is 0 Å². The molecule has 1 aliphatic heterocycles. The van der Waals surface area contributed by atoms with Crippen LogP contribution in [0.5, 0.6) is 5.88 Å². The van der Waals surface area contributed by atoms with Gasteiger partial charge in [-0.25, -0.2) is 4.98 Å². The molecule has 35 heavy (non-hydrogen) atoms. The summed E-state index contributed by atoms with van der Waals surface area (Å²) in [6.07, 6.45) is 9.35. The van der Waals surface area contributed by atoms with E-state index in [4.69, 9.17) is 16.3 Å². The Bertz CT molecular complexity index is 1200. The fraction of sp³-hybridized carbons (Fsp3) is 0.500. The van der Waals surface area contributed by atoms with Gasteiger partial charge in [-0.15, -0.1) is 0 Å².